The molecule has 1 amide bonds. The van der Waals surface area contributed by atoms with Crippen LogP contribution in [0.25, 0.3) is 0 Å². The second-order valence-corrected chi connectivity index (χ2v) is 5.30. The topological polar surface area (TPSA) is 46.3 Å². The Bertz CT molecular complexity index is 632. The van der Waals surface area contributed by atoms with Crippen LogP contribution in [0.3, 0.4) is 0 Å². The van der Waals surface area contributed by atoms with E-state index in [0.29, 0.717) is 12.2 Å². The lowest BCUT2D eigenvalue weighted by molar-refractivity contribution is 0.0986. The predicted octanol–water partition coefficient (Wildman–Crippen LogP) is 3.94. The first-order chi connectivity index (χ1) is 10.0. The first-order valence-electron chi connectivity index (χ1n) is 7.28. The zero-order valence-corrected chi connectivity index (χ0v) is 12.9. The summed E-state index contributed by atoms with van der Waals surface area (Å²) in [5, 5.41) is 0. The lowest BCUT2D eigenvalue weighted by Crippen LogP contribution is -2.32. The Labute approximate surface area is 126 Å². The number of amides is 1. The Kier molecular flexibility index (Phi) is 4.63. The van der Waals surface area contributed by atoms with Crippen molar-refractivity contribution < 1.29 is 4.79 Å². The van der Waals surface area contributed by atoms with Crippen molar-refractivity contribution in [2.24, 2.45) is 0 Å². The molecule has 2 aromatic carbocycles. The van der Waals surface area contributed by atoms with Crippen LogP contribution in [0.4, 0.5) is 11.4 Å². The lowest BCUT2D eigenvalue weighted by Gasteiger charge is -2.23. The van der Waals surface area contributed by atoms with E-state index < -0.39 is 0 Å². The molecule has 21 heavy (non-hydrogen) atoms. The van der Waals surface area contributed by atoms with Gasteiger partial charge in [0.25, 0.3) is 5.91 Å². The second-order valence-electron chi connectivity index (χ2n) is 5.30. The number of nitrogens with zero attached hydrogens (tertiary/aromatic N) is 1. The van der Waals surface area contributed by atoms with E-state index >= 15 is 0 Å². The molecule has 0 saturated carbocycles. The number of carbonyl (C=O) groups excluding carboxylic acids is 1. The van der Waals surface area contributed by atoms with E-state index in [1.54, 1.807) is 0 Å². The quantitative estimate of drug-likeness (QED) is 0.863. The van der Waals surface area contributed by atoms with Crippen LogP contribution in [-0.2, 0) is 0 Å². The van der Waals surface area contributed by atoms with Gasteiger partial charge in [-0.05, 0) is 61.7 Å². The van der Waals surface area contributed by atoms with Crippen molar-refractivity contribution in [2.75, 3.05) is 17.2 Å². The standard InChI is InChI=1S/C18H22N2O/c1-4-12-20(16-10-8-15(19)9-11-16)18(21)17-7-5-6-13(2)14(17)3/h5-11H,4,12,19H2,1-3H3. The molecule has 0 heterocycles. The molecular weight excluding hydrogens is 260 g/mol. The summed E-state index contributed by atoms with van der Waals surface area (Å²) in [5.74, 6) is 0.0443. The molecule has 0 atom stereocenters. The van der Waals surface area contributed by atoms with E-state index in [0.717, 1.165) is 28.8 Å². The van der Waals surface area contributed by atoms with Gasteiger partial charge in [0, 0.05) is 23.5 Å². The molecule has 0 aromatic heterocycles. The average Bonchev–Trinajstić information content (AvgIpc) is 2.48. The minimum atomic E-state index is 0.0443. The van der Waals surface area contributed by atoms with Crippen molar-refractivity contribution >= 4 is 17.3 Å². The molecule has 2 aromatic rings. The Balaban J connectivity index is 2.40. The highest BCUT2D eigenvalue weighted by atomic mass is 16.2. The van der Waals surface area contributed by atoms with Gasteiger partial charge in [0.05, 0.1) is 0 Å². The summed E-state index contributed by atoms with van der Waals surface area (Å²) >= 11 is 0. The zero-order valence-electron chi connectivity index (χ0n) is 12.9. The fraction of sp³-hybridized carbons (Fsp3) is 0.278. The number of benzene rings is 2. The molecule has 110 valence electrons. The van der Waals surface area contributed by atoms with Crippen molar-refractivity contribution in [3.05, 3.63) is 59.2 Å². The van der Waals surface area contributed by atoms with E-state index in [-0.39, 0.29) is 5.91 Å². The summed E-state index contributed by atoms with van der Waals surface area (Å²) in [4.78, 5) is 14.7. The summed E-state index contributed by atoms with van der Waals surface area (Å²) in [7, 11) is 0. The van der Waals surface area contributed by atoms with Crippen LogP contribution < -0.4 is 10.6 Å². The summed E-state index contributed by atoms with van der Waals surface area (Å²) in [5.41, 5.74) is 10.3. The van der Waals surface area contributed by atoms with Gasteiger partial charge in [0.2, 0.25) is 0 Å². The monoisotopic (exact) mass is 282 g/mol. The minimum absolute atomic E-state index is 0.0443. The van der Waals surface area contributed by atoms with Gasteiger partial charge in [-0.2, -0.15) is 0 Å². The van der Waals surface area contributed by atoms with Crippen molar-refractivity contribution in [3.8, 4) is 0 Å². The molecule has 3 heteroatoms. The maximum atomic E-state index is 12.9. The van der Waals surface area contributed by atoms with Gasteiger partial charge in [0.15, 0.2) is 0 Å². The molecule has 0 unspecified atom stereocenters. The third-order valence-electron chi connectivity index (χ3n) is 3.73. The van der Waals surface area contributed by atoms with Gasteiger partial charge in [0.1, 0.15) is 0 Å². The van der Waals surface area contributed by atoms with Crippen molar-refractivity contribution in [2.45, 2.75) is 27.2 Å². The summed E-state index contributed by atoms with van der Waals surface area (Å²) < 4.78 is 0. The highest BCUT2D eigenvalue weighted by Crippen LogP contribution is 2.22. The predicted molar refractivity (Wildman–Crippen MR) is 88.7 cm³/mol. The number of carbonyl (C=O) groups is 1. The van der Waals surface area contributed by atoms with Crippen LogP contribution in [0.15, 0.2) is 42.5 Å². The molecule has 0 aliphatic rings. The molecule has 0 bridgehead atoms. The number of hydrogen-bond acceptors (Lipinski definition) is 2. The molecule has 0 radical (unpaired) electrons. The minimum Gasteiger partial charge on any atom is -0.399 e. The summed E-state index contributed by atoms with van der Waals surface area (Å²) in [6.07, 6.45) is 0.904. The molecule has 0 aliphatic carbocycles. The SMILES string of the molecule is CCCN(C(=O)c1cccc(C)c1C)c1ccc(N)cc1. The number of hydrogen-bond donors (Lipinski definition) is 1. The third-order valence-corrected chi connectivity index (χ3v) is 3.73. The molecule has 0 saturated heterocycles. The number of rotatable bonds is 4. The Morgan fingerprint density at radius 3 is 2.38 bits per heavy atom. The van der Waals surface area contributed by atoms with Crippen LogP contribution >= 0.6 is 0 Å². The summed E-state index contributed by atoms with van der Waals surface area (Å²) in [6, 6.07) is 13.3. The van der Waals surface area contributed by atoms with E-state index in [2.05, 4.69) is 6.92 Å². The Morgan fingerprint density at radius 2 is 1.76 bits per heavy atom. The van der Waals surface area contributed by atoms with Crippen LogP contribution in [0, 0.1) is 13.8 Å². The maximum Gasteiger partial charge on any atom is 0.258 e. The van der Waals surface area contributed by atoms with Crippen LogP contribution in [0.1, 0.15) is 34.8 Å². The van der Waals surface area contributed by atoms with Gasteiger partial charge >= 0.3 is 0 Å². The number of nitrogens with two attached hydrogens (primary N) is 1. The lowest BCUT2D eigenvalue weighted by atomic mass is 10.0. The first-order valence-corrected chi connectivity index (χ1v) is 7.28. The van der Waals surface area contributed by atoms with Crippen molar-refractivity contribution in [1.82, 2.24) is 0 Å². The fourth-order valence-corrected chi connectivity index (χ4v) is 2.35. The number of nitrogen functional groups attached to an aromatic ring is 1. The molecular formula is C18H22N2O. The molecule has 3 nitrogen and oxygen atoms in total. The number of aryl methyl sites for hydroxylation is 1. The van der Waals surface area contributed by atoms with Gasteiger partial charge in [-0.25, -0.2) is 0 Å². The highest BCUT2D eigenvalue weighted by molar-refractivity contribution is 6.07. The number of anilines is 2. The smallest absolute Gasteiger partial charge is 0.258 e. The van der Waals surface area contributed by atoms with E-state index in [1.807, 2.05) is 61.2 Å². The highest BCUT2D eigenvalue weighted by Gasteiger charge is 2.19. The molecule has 2 rings (SSSR count). The van der Waals surface area contributed by atoms with Crippen molar-refractivity contribution in [1.29, 1.82) is 0 Å². The zero-order chi connectivity index (χ0) is 15.4. The maximum absolute atomic E-state index is 12.9. The van der Waals surface area contributed by atoms with Crippen LogP contribution in [0.2, 0.25) is 0 Å². The van der Waals surface area contributed by atoms with Crippen LogP contribution in [-0.4, -0.2) is 12.5 Å². The van der Waals surface area contributed by atoms with Gasteiger partial charge < -0.3 is 10.6 Å². The summed E-state index contributed by atoms with van der Waals surface area (Å²) in [6.45, 7) is 6.78. The Hall–Kier alpha value is -2.29. The molecule has 0 fully saturated rings. The molecule has 2 N–H and O–H groups in total. The van der Waals surface area contributed by atoms with E-state index in [1.165, 1.54) is 0 Å². The first kappa shape index (κ1) is 15.1. The average molecular weight is 282 g/mol. The second kappa shape index (κ2) is 6.44. The normalized spacial score (nSPS) is 10.4. The van der Waals surface area contributed by atoms with Gasteiger partial charge in [-0.15, -0.1) is 0 Å². The van der Waals surface area contributed by atoms with Gasteiger partial charge in [-0.3, -0.25) is 4.79 Å². The van der Waals surface area contributed by atoms with E-state index in [4.69, 9.17) is 5.73 Å². The molecule has 0 aliphatic heterocycles. The third kappa shape index (κ3) is 3.24. The fourth-order valence-electron chi connectivity index (χ4n) is 2.35. The van der Waals surface area contributed by atoms with Crippen LogP contribution in [0.5, 0.6) is 0 Å². The van der Waals surface area contributed by atoms with E-state index in [9.17, 15) is 4.79 Å². The largest absolute Gasteiger partial charge is 0.399 e. The molecule has 0 spiro atoms. The Morgan fingerprint density at radius 1 is 1.10 bits per heavy atom. The van der Waals surface area contributed by atoms with Gasteiger partial charge in [-0.1, -0.05) is 19.1 Å². The van der Waals surface area contributed by atoms with Crippen molar-refractivity contribution in [3.63, 3.8) is 0 Å².